The molecule has 0 aliphatic heterocycles. The number of thiophene rings is 1. The minimum atomic E-state index is -1.24. The maximum atomic E-state index is 11.4. The fourth-order valence-corrected chi connectivity index (χ4v) is 2.03. The molecule has 3 N–H and O–H groups in total. The number of hydrogen-bond donors (Lipinski definition) is 3. The van der Waals surface area contributed by atoms with Crippen LogP contribution >= 0.6 is 11.3 Å². The van der Waals surface area contributed by atoms with Crippen molar-refractivity contribution >= 4 is 29.2 Å². The van der Waals surface area contributed by atoms with Gasteiger partial charge < -0.3 is 15.5 Å². The molecule has 1 aromatic heterocycles. The normalized spacial score (nSPS) is 12.2. The molecule has 0 radical (unpaired) electrons. The van der Waals surface area contributed by atoms with Gasteiger partial charge in [-0.2, -0.15) is 0 Å². The van der Waals surface area contributed by atoms with Crippen LogP contribution in [0.4, 0.5) is 0 Å². The fraction of sp³-hybridized carbons (Fsp3) is 0.182. The zero-order chi connectivity index (χ0) is 13.5. The van der Waals surface area contributed by atoms with E-state index in [0.29, 0.717) is 11.0 Å². The quantitative estimate of drug-likeness (QED) is 0.669. The summed E-state index contributed by atoms with van der Waals surface area (Å²) < 4.78 is 0. The second-order valence-corrected chi connectivity index (χ2v) is 4.33. The Bertz CT molecular complexity index is 466. The van der Waals surface area contributed by atoms with Gasteiger partial charge in [0.15, 0.2) is 0 Å². The van der Waals surface area contributed by atoms with Gasteiger partial charge in [-0.25, -0.2) is 4.79 Å². The Morgan fingerprint density at radius 2 is 2.06 bits per heavy atom. The summed E-state index contributed by atoms with van der Waals surface area (Å²) >= 11 is 1.32. The number of carboxylic acids is 2. The van der Waals surface area contributed by atoms with E-state index in [1.807, 2.05) is 0 Å². The van der Waals surface area contributed by atoms with Gasteiger partial charge in [0.05, 0.1) is 12.5 Å². The first-order valence-corrected chi connectivity index (χ1v) is 5.83. The summed E-state index contributed by atoms with van der Waals surface area (Å²) in [7, 11) is 0. The highest BCUT2D eigenvalue weighted by molar-refractivity contribution is 7.10. The smallest absolute Gasteiger partial charge is 0.328 e. The highest BCUT2D eigenvalue weighted by Crippen LogP contribution is 2.21. The van der Waals surface area contributed by atoms with Crippen molar-refractivity contribution in [1.82, 2.24) is 5.32 Å². The molecule has 18 heavy (non-hydrogen) atoms. The SMILES string of the molecule is O=C(O)/C=C/C(=O)NC(CC(=O)O)c1cccs1. The molecule has 1 aromatic rings. The molecule has 6 nitrogen and oxygen atoms in total. The molecule has 0 saturated carbocycles. The van der Waals surface area contributed by atoms with Gasteiger partial charge in [-0.1, -0.05) is 6.07 Å². The third kappa shape index (κ3) is 4.79. The van der Waals surface area contributed by atoms with Crippen LogP contribution in [0.25, 0.3) is 0 Å². The first kappa shape index (κ1) is 13.9. The summed E-state index contributed by atoms with van der Waals surface area (Å²) in [5.74, 6) is -2.93. The molecular formula is C11H11NO5S. The number of carbonyl (C=O) groups excluding carboxylic acids is 1. The monoisotopic (exact) mass is 269 g/mol. The van der Waals surface area contributed by atoms with Crippen molar-refractivity contribution in [3.8, 4) is 0 Å². The number of carbonyl (C=O) groups is 3. The van der Waals surface area contributed by atoms with Crippen LogP contribution in [-0.4, -0.2) is 28.1 Å². The van der Waals surface area contributed by atoms with Crippen LogP contribution in [0.2, 0.25) is 0 Å². The standard InChI is InChI=1S/C11H11NO5S/c13-9(3-4-10(14)15)12-7(6-11(16)17)8-2-1-5-18-8/h1-5,7H,6H2,(H,12,13)(H,14,15)(H,16,17)/b4-3+. The topological polar surface area (TPSA) is 104 Å². The van der Waals surface area contributed by atoms with Gasteiger partial charge in [-0.3, -0.25) is 9.59 Å². The summed E-state index contributed by atoms with van der Waals surface area (Å²) in [6, 6.07) is 2.79. The van der Waals surface area contributed by atoms with Crippen molar-refractivity contribution in [2.24, 2.45) is 0 Å². The van der Waals surface area contributed by atoms with E-state index in [9.17, 15) is 14.4 Å². The van der Waals surface area contributed by atoms with Crippen LogP contribution in [0.3, 0.4) is 0 Å². The lowest BCUT2D eigenvalue weighted by atomic mass is 10.1. The average molecular weight is 269 g/mol. The van der Waals surface area contributed by atoms with Crippen LogP contribution in [-0.2, 0) is 14.4 Å². The number of nitrogens with one attached hydrogen (secondary N) is 1. The largest absolute Gasteiger partial charge is 0.481 e. The third-order valence-electron chi connectivity index (χ3n) is 1.96. The number of aliphatic carboxylic acids is 2. The Balaban J connectivity index is 2.70. The Morgan fingerprint density at radius 1 is 1.33 bits per heavy atom. The predicted molar refractivity (Wildman–Crippen MR) is 64.2 cm³/mol. The van der Waals surface area contributed by atoms with Crippen molar-refractivity contribution in [2.45, 2.75) is 12.5 Å². The van der Waals surface area contributed by atoms with Gasteiger partial charge in [0.1, 0.15) is 0 Å². The van der Waals surface area contributed by atoms with E-state index in [0.717, 1.165) is 6.08 Å². The van der Waals surface area contributed by atoms with E-state index in [-0.39, 0.29) is 6.42 Å². The molecule has 1 unspecified atom stereocenters. The van der Waals surface area contributed by atoms with Gasteiger partial charge in [0, 0.05) is 17.0 Å². The molecule has 0 aliphatic rings. The first-order valence-electron chi connectivity index (χ1n) is 4.95. The third-order valence-corrected chi connectivity index (χ3v) is 2.95. The van der Waals surface area contributed by atoms with E-state index in [1.165, 1.54) is 11.3 Å². The molecule has 0 spiro atoms. The molecule has 1 atom stereocenters. The number of carboxylic acid groups (broad SMARTS) is 2. The molecular weight excluding hydrogens is 258 g/mol. The molecule has 0 aromatic carbocycles. The number of rotatable bonds is 6. The van der Waals surface area contributed by atoms with Crippen molar-refractivity contribution in [1.29, 1.82) is 0 Å². The maximum Gasteiger partial charge on any atom is 0.328 e. The van der Waals surface area contributed by atoms with Gasteiger partial charge in [0.2, 0.25) is 5.91 Å². The van der Waals surface area contributed by atoms with E-state index in [4.69, 9.17) is 10.2 Å². The van der Waals surface area contributed by atoms with Gasteiger partial charge >= 0.3 is 11.9 Å². The van der Waals surface area contributed by atoms with Crippen LogP contribution in [0.15, 0.2) is 29.7 Å². The molecule has 1 heterocycles. The van der Waals surface area contributed by atoms with Crippen molar-refractivity contribution < 1.29 is 24.6 Å². The summed E-state index contributed by atoms with van der Waals surface area (Å²) in [5, 5.41) is 21.3. The van der Waals surface area contributed by atoms with Crippen LogP contribution in [0.5, 0.6) is 0 Å². The average Bonchev–Trinajstić information content (AvgIpc) is 2.78. The zero-order valence-corrected chi connectivity index (χ0v) is 10.0. The predicted octanol–water partition coefficient (Wildman–Crippen LogP) is 1.02. The summed E-state index contributed by atoms with van der Waals surface area (Å²) in [4.78, 5) is 33.0. The van der Waals surface area contributed by atoms with E-state index in [2.05, 4.69) is 5.32 Å². The lowest BCUT2D eigenvalue weighted by Gasteiger charge is -2.13. The Labute approximate surface area is 107 Å². The van der Waals surface area contributed by atoms with E-state index < -0.39 is 23.9 Å². The number of hydrogen-bond acceptors (Lipinski definition) is 4. The van der Waals surface area contributed by atoms with Gasteiger partial charge in [0.25, 0.3) is 0 Å². The Kier molecular flexibility index (Phi) is 5.06. The highest BCUT2D eigenvalue weighted by atomic mass is 32.1. The molecule has 1 amide bonds. The summed E-state index contributed by atoms with van der Waals surface area (Å²) in [6.45, 7) is 0. The van der Waals surface area contributed by atoms with Gasteiger partial charge in [-0.15, -0.1) is 11.3 Å². The second-order valence-electron chi connectivity index (χ2n) is 3.35. The molecule has 1 rings (SSSR count). The lowest BCUT2D eigenvalue weighted by molar-refractivity contribution is -0.138. The van der Waals surface area contributed by atoms with Gasteiger partial charge in [-0.05, 0) is 11.4 Å². The van der Waals surface area contributed by atoms with Crippen molar-refractivity contribution in [3.05, 3.63) is 34.5 Å². The van der Waals surface area contributed by atoms with Crippen LogP contribution in [0.1, 0.15) is 17.3 Å². The molecule has 0 saturated heterocycles. The van der Waals surface area contributed by atoms with Crippen LogP contribution in [0, 0.1) is 0 Å². The lowest BCUT2D eigenvalue weighted by Crippen LogP contribution is -2.28. The minimum absolute atomic E-state index is 0.257. The first-order chi connectivity index (χ1) is 8.49. The van der Waals surface area contributed by atoms with E-state index >= 15 is 0 Å². The molecule has 7 heteroatoms. The summed E-state index contributed by atoms with van der Waals surface area (Å²) in [6.07, 6.45) is 1.29. The highest BCUT2D eigenvalue weighted by Gasteiger charge is 2.17. The molecule has 0 bridgehead atoms. The number of amides is 1. The van der Waals surface area contributed by atoms with Crippen LogP contribution < -0.4 is 5.32 Å². The molecule has 0 fully saturated rings. The summed E-state index contributed by atoms with van der Waals surface area (Å²) in [5.41, 5.74) is 0. The Morgan fingerprint density at radius 3 is 2.56 bits per heavy atom. The minimum Gasteiger partial charge on any atom is -0.481 e. The molecule has 96 valence electrons. The zero-order valence-electron chi connectivity index (χ0n) is 9.20. The van der Waals surface area contributed by atoms with Crippen molar-refractivity contribution in [3.63, 3.8) is 0 Å². The molecule has 0 aliphatic carbocycles. The van der Waals surface area contributed by atoms with E-state index in [1.54, 1.807) is 17.5 Å². The Hall–Kier alpha value is -2.15. The maximum absolute atomic E-state index is 11.4. The fourth-order valence-electron chi connectivity index (χ4n) is 1.25. The second kappa shape index (κ2) is 6.55. The van der Waals surface area contributed by atoms with Crippen molar-refractivity contribution in [2.75, 3.05) is 0 Å².